The maximum Gasteiger partial charge on any atom is 0.299 e. The van der Waals surface area contributed by atoms with Gasteiger partial charge in [0, 0.05) is 10.8 Å². The topological polar surface area (TPSA) is 43.1 Å². The molecule has 0 radical (unpaired) electrons. The van der Waals surface area contributed by atoms with Crippen molar-refractivity contribution in [2.45, 2.75) is 6.43 Å². The van der Waals surface area contributed by atoms with Crippen LogP contribution in [0.25, 0.3) is 16.4 Å². The molecular formula is C10H5ClF2N4. The molecular weight excluding hydrogens is 250 g/mol. The Hall–Kier alpha value is -1.82. The second-order valence-corrected chi connectivity index (χ2v) is 3.79. The molecule has 0 bridgehead atoms. The van der Waals surface area contributed by atoms with Gasteiger partial charge in [-0.05, 0) is 0 Å². The second-order valence-electron chi connectivity index (χ2n) is 3.43. The van der Waals surface area contributed by atoms with Crippen molar-refractivity contribution in [1.82, 2.24) is 19.8 Å². The number of halogens is 3. The molecule has 0 saturated heterocycles. The van der Waals surface area contributed by atoms with Crippen molar-refractivity contribution in [2.24, 2.45) is 0 Å². The third-order valence-corrected chi connectivity index (χ3v) is 2.72. The molecule has 0 unspecified atom stereocenters. The van der Waals surface area contributed by atoms with Gasteiger partial charge in [-0.25, -0.2) is 8.78 Å². The number of nitrogens with zero attached hydrogens (tertiary/aromatic N) is 4. The first-order valence-electron chi connectivity index (χ1n) is 4.76. The lowest BCUT2D eigenvalue weighted by Gasteiger charge is -2.02. The van der Waals surface area contributed by atoms with E-state index in [2.05, 4.69) is 15.3 Å². The molecule has 2 aromatic heterocycles. The normalized spacial score (nSPS) is 11.8. The van der Waals surface area contributed by atoms with Crippen LogP contribution in [0.2, 0.25) is 5.15 Å². The highest BCUT2D eigenvalue weighted by Gasteiger charge is 2.19. The Balaban J connectivity index is 2.50. The lowest BCUT2D eigenvalue weighted by molar-refractivity contribution is 0.137. The molecule has 0 aliphatic carbocycles. The first-order valence-corrected chi connectivity index (χ1v) is 5.14. The SMILES string of the molecule is FC(F)c1nnc2c3ccccc3c(Cl)nn12. The molecule has 0 amide bonds. The number of aromatic nitrogens is 4. The van der Waals surface area contributed by atoms with E-state index in [1.54, 1.807) is 24.3 Å². The van der Waals surface area contributed by atoms with Crippen molar-refractivity contribution < 1.29 is 8.78 Å². The van der Waals surface area contributed by atoms with Crippen LogP contribution < -0.4 is 0 Å². The minimum absolute atomic E-state index is 0.148. The predicted molar refractivity (Wildman–Crippen MR) is 58.3 cm³/mol. The van der Waals surface area contributed by atoms with Crippen molar-refractivity contribution in [3.63, 3.8) is 0 Å². The van der Waals surface area contributed by atoms with Crippen LogP contribution in [0.5, 0.6) is 0 Å². The summed E-state index contributed by atoms with van der Waals surface area (Å²) in [5.74, 6) is -0.507. The highest BCUT2D eigenvalue weighted by Crippen LogP contribution is 2.26. The van der Waals surface area contributed by atoms with Gasteiger partial charge in [0.1, 0.15) is 0 Å². The van der Waals surface area contributed by atoms with Crippen LogP contribution in [0.3, 0.4) is 0 Å². The molecule has 0 aliphatic heterocycles. The Morgan fingerprint density at radius 2 is 1.82 bits per heavy atom. The molecule has 3 rings (SSSR count). The van der Waals surface area contributed by atoms with Gasteiger partial charge in [-0.15, -0.1) is 10.2 Å². The molecule has 17 heavy (non-hydrogen) atoms. The minimum atomic E-state index is -2.74. The van der Waals surface area contributed by atoms with Crippen LogP contribution in [-0.2, 0) is 0 Å². The molecule has 0 fully saturated rings. The van der Waals surface area contributed by atoms with Crippen LogP contribution >= 0.6 is 11.6 Å². The lowest BCUT2D eigenvalue weighted by atomic mass is 10.2. The Morgan fingerprint density at radius 3 is 2.53 bits per heavy atom. The van der Waals surface area contributed by atoms with Crippen LogP contribution in [-0.4, -0.2) is 19.8 Å². The fourth-order valence-corrected chi connectivity index (χ4v) is 1.93. The Morgan fingerprint density at radius 1 is 1.12 bits per heavy atom. The summed E-state index contributed by atoms with van der Waals surface area (Å²) < 4.78 is 26.3. The quantitative estimate of drug-likeness (QED) is 0.671. The maximum atomic E-state index is 12.7. The van der Waals surface area contributed by atoms with Crippen LogP contribution in [0, 0.1) is 0 Å². The van der Waals surface area contributed by atoms with Crippen molar-refractivity contribution in [2.75, 3.05) is 0 Å². The summed E-state index contributed by atoms with van der Waals surface area (Å²) in [6, 6.07) is 7.05. The van der Waals surface area contributed by atoms with Gasteiger partial charge >= 0.3 is 0 Å². The van der Waals surface area contributed by atoms with Crippen molar-refractivity contribution >= 4 is 28.0 Å². The van der Waals surface area contributed by atoms with Crippen molar-refractivity contribution in [3.8, 4) is 0 Å². The average molecular weight is 255 g/mol. The molecule has 0 N–H and O–H groups in total. The summed E-state index contributed by atoms with van der Waals surface area (Å²) in [6.45, 7) is 0. The molecule has 0 saturated carbocycles. The van der Waals surface area contributed by atoms with E-state index in [1.807, 2.05) is 0 Å². The standard InChI is InChI=1S/C10H5ClF2N4/c11-7-5-3-1-2-4-6(5)9-14-15-10(8(12)13)17(9)16-7/h1-4,8H. The lowest BCUT2D eigenvalue weighted by Crippen LogP contribution is -2.00. The number of rotatable bonds is 1. The summed E-state index contributed by atoms with van der Waals surface area (Å²) >= 11 is 5.94. The van der Waals surface area contributed by atoms with Gasteiger partial charge in [-0.2, -0.15) is 9.61 Å². The van der Waals surface area contributed by atoms with Gasteiger partial charge in [0.05, 0.1) is 0 Å². The summed E-state index contributed by atoms with van der Waals surface area (Å²) in [5, 5.41) is 12.5. The number of hydrogen-bond acceptors (Lipinski definition) is 3. The minimum Gasteiger partial charge on any atom is -0.201 e. The van der Waals surface area contributed by atoms with Crippen LogP contribution in [0.1, 0.15) is 12.2 Å². The van der Waals surface area contributed by atoms with E-state index in [0.717, 1.165) is 4.52 Å². The number of hydrogen-bond donors (Lipinski definition) is 0. The molecule has 3 aromatic rings. The van der Waals surface area contributed by atoms with Crippen molar-refractivity contribution in [1.29, 1.82) is 0 Å². The molecule has 4 nitrogen and oxygen atoms in total. The first-order chi connectivity index (χ1) is 8.18. The maximum absolute atomic E-state index is 12.7. The Kier molecular flexibility index (Phi) is 2.19. The molecule has 0 aliphatic rings. The van der Waals surface area contributed by atoms with E-state index in [-0.39, 0.29) is 10.8 Å². The fraction of sp³-hybridized carbons (Fsp3) is 0.100. The third-order valence-electron chi connectivity index (χ3n) is 2.44. The zero-order chi connectivity index (χ0) is 12.0. The van der Waals surface area contributed by atoms with Gasteiger partial charge in [0.2, 0.25) is 5.82 Å². The van der Waals surface area contributed by atoms with Gasteiger partial charge in [-0.3, -0.25) is 0 Å². The van der Waals surface area contributed by atoms with E-state index in [4.69, 9.17) is 11.6 Å². The van der Waals surface area contributed by atoms with E-state index in [9.17, 15) is 8.78 Å². The van der Waals surface area contributed by atoms with Gasteiger partial charge < -0.3 is 0 Å². The number of benzene rings is 1. The second kappa shape index (κ2) is 3.59. The summed E-state index contributed by atoms with van der Waals surface area (Å²) in [7, 11) is 0. The molecule has 86 valence electrons. The van der Waals surface area contributed by atoms with Gasteiger partial charge in [0.25, 0.3) is 6.43 Å². The highest BCUT2D eigenvalue weighted by molar-refractivity contribution is 6.34. The molecule has 0 spiro atoms. The Labute approximate surface area is 98.8 Å². The molecule has 2 heterocycles. The van der Waals surface area contributed by atoms with E-state index < -0.39 is 12.2 Å². The monoisotopic (exact) mass is 254 g/mol. The highest BCUT2D eigenvalue weighted by atomic mass is 35.5. The zero-order valence-electron chi connectivity index (χ0n) is 8.31. The third kappa shape index (κ3) is 1.44. The zero-order valence-corrected chi connectivity index (χ0v) is 9.07. The Bertz CT molecular complexity index is 710. The first kappa shape index (κ1) is 10.3. The summed E-state index contributed by atoms with van der Waals surface area (Å²) in [4.78, 5) is 0. The van der Waals surface area contributed by atoms with E-state index in [1.165, 1.54) is 0 Å². The van der Waals surface area contributed by atoms with Gasteiger partial charge in [0.15, 0.2) is 10.8 Å². The summed E-state index contributed by atoms with van der Waals surface area (Å²) in [6.07, 6.45) is -2.74. The van der Waals surface area contributed by atoms with Crippen LogP contribution in [0.4, 0.5) is 8.78 Å². The molecule has 7 heteroatoms. The van der Waals surface area contributed by atoms with E-state index in [0.29, 0.717) is 10.8 Å². The van der Waals surface area contributed by atoms with Crippen LogP contribution in [0.15, 0.2) is 24.3 Å². The summed E-state index contributed by atoms with van der Waals surface area (Å²) in [5.41, 5.74) is 0.278. The smallest absolute Gasteiger partial charge is 0.201 e. The molecule has 0 atom stereocenters. The average Bonchev–Trinajstić information content (AvgIpc) is 2.73. The number of fused-ring (bicyclic) bond motifs is 3. The fourth-order valence-electron chi connectivity index (χ4n) is 1.69. The molecule has 1 aromatic carbocycles. The van der Waals surface area contributed by atoms with Crippen molar-refractivity contribution in [3.05, 3.63) is 35.2 Å². The van der Waals surface area contributed by atoms with E-state index >= 15 is 0 Å². The van der Waals surface area contributed by atoms with Gasteiger partial charge in [-0.1, -0.05) is 35.9 Å². The largest absolute Gasteiger partial charge is 0.299 e. The predicted octanol–water partition coefficient (Wildman–Crippen LogP) is 2.87. The number of alkyl halides is 2.